The third-order valence-electron chi connectivity index (χ3n) is 2.81. The number of nitrogens with two attached hydrogens (primary N) is 1. The maximum atomic E-state index is 5.08. The molecule has 0 bridgehead atoms. The lowest BCUT2D eigenvalue weighted by molar-refractivity contribution is 0.345. The fourth-order valence-electron chi connectivity index (χ4n) is 1.57. The number of rotatable bonds is 1. The van der Waals surface area contributed by atoms with Crippen LogP contribution in [-0.4, -0.2) is 11.0 Å². The molecule has 1 saturated carbocycles. The molecule has 80 valence electrons. The molecule has 3 rings (SSSR count). The van der Waals surface area contributed by atoms with E-state index in [1.54, 1.807) is 0 Å². The smallest absolute Gasteiger partial charge is 0.0210 e. The molecule has 0 amide bonds. The predicted molar refractivity (Wildman–Crippen MR) is 63.3 cm³/mol. The van der Waals surface area contributed by atoms with Crippen molar-refractivity contribution < 1.29 is 0 Å². The van der Waals surface area contributed by atoms with Gasteiger partial charge >= 0.3 is 0 Å². The summed E-state index contributed by atoms with van der Waals surface area (Å²) in [5, 5.41) is 2.55. The van der Waals surface area contributed by atoms with E-state index < -0.39 is 0 Å². The van der Waals surface area contributed by atoms with Crippen molar-refractivity contribution in [2.24, 2.45) is 5.84 Å². The Morgan fingerprint density at radius 1 is 1.13 bits per heavy atom. The van der Waals surface area contributed by atoms with E-state index in [-0.39, 0.29) is 0 Å². The molecule has 0 aliphatic heterocycles. The van der Waals surface area contributed by atoms with Gasteiger partial charge in [0.2, 0.25) is 0 Å². The van der Waals surface area contributed by atoms with Crippen LogP contribution in [0.25, 0.3) is 10.8 Å². The first kappa shape index (κ1) is 10.2. The van der Waals surface area contributed by atoms with Gasteiger partial charge in [-0.05, 0) is 23.6 Å². The van der Waals surface area contributed by atoms with E-state index in [0.29, 0.717) is 6.04 Å². The van der Waals surface area contributed by atoms with E-state index in [1.807, 2.05) is 24.5 Å². The Morgan fingerprint density at radius 2 is 1.73 bits per heavy atom. The number of nitrogens with one attached hydrogen (secondary N) is 2. The van der Waals surface area contributed by atoms with Gasteiger partial charge in [0, 0.05) is 18.4 Å². The van der Waals surface area contributed by atoms with Crippen molar-refractivity contribution in [1.82, 2.24) is 10.4 Å². The van der Waals surface area contributed by atoms with E-state index in [2.05, 4.69) is 22.5 Å². The van der Waals surface area contributed by atoms with Gasteiger partial charge in [-0.1, -0.05) is 30.7 Å². The Balaban J connectivity index is 0.000000124. The third-order valence-corrected chi connectivity index (χ3v) is 2.81. The van der Waals surface area contributed by atoms with Gasteiger partial charge in [0.25, 0.3) is 0 Å². The summed E-state index contributed by atoms with van der Waals surface area (Å²) in [6, 6.07) is 8.90. The largest absolute Gasteiger partial charge is 0.366 e. The zero-order chi connectivity index (χ0) is 10.5. The fraction of sp³-hybridized carbons (Fsp3) is 0.333. The quantitative estimate of drug-likeness (QED) is 0.491. The lowest BCUT2D eigenvalue weighted by Crippen LogP contribution is -2.39. The Bertz CT molecular complexity index is 371. The van der Waals surface area contributed by atoms with Crippen molar-refractivity contribution in [1.29, 1.82) is 0 Å². The van der Waals surface area contributed by atoms with Crippen LogP contribution in [0.5, 0.6) is 0 Å². The Morgan fingerprint density at radius 3 is 2.07 bits per heavy atom. The molecule has 3 nitrogen and oxygen atoms in total. The summed E-state index contributed by atoms with van der Waals surface area (Å²) in [6.45, 7) is 0. The number of benzene rings is 1. The highest BCUT2D eigenvalue weighted by atomic mass is 15.2. The van der Waals surface area contributed by atoms with Crippen molar-refractivity contribution in [2.45, 2.75) is 25.3 Å². The zero-order valence-corrected chi connectivity index (χ0v) is 8.74. The van der Waals surface area contributed by atoms with Crippen molar-refractivity contribution in [3.05, 3.63) is 36.7 Å². The monoisotopic (exact) mass is 203 g/mol. The van der Waals surface area contributed by atoms with E-state index in [4.69, 9.17) is 5.84 Å². The van der Waals surface area contributed by atoms with Crippen LogP contribution in [0.3, 0.4) is 0 Å². The molecule has 0 unspecified atom stereocenters. The zero-order valence-electron chi connectivity index (χ0n) is 8.74. The molecular formula is C12H17N3. The molecule has 0 radical (unpaired) electrons. The first-order chi connectivity index (χ1) is 7.40. The minimum atomic E-state index is 0.644. The molecule has 1 fully saturated rings. The summed E-state index contributed by atoms with van der Waals surface area (Å²) in [7, 11) is 0. The Labute approximate surface area is 89.6 Å². The normalized spacial score (nSPS) is 15.5. The summed E-state index contributed by atoms with van der Waals surface area (Å²) in [5.41, 5.74) is 2.70. The summed E-state index contributed by atoms with van der Waals surface area (Å²) < 4.78 is 0. The average Bonchev–Trinajstić information content (AvgIpc) is 2.64. The highest BCUT2D eigenvalue weighted by Gasteiger charge is 2.13. The minimum Gasteiger partial charge on any atom is -0.366 e. The fourth-order valence-corrected chi connectivity index (χ4v) is 1.57. The molecule has 1 aromatic carbocycles. The standard InChI is InChI=1S/C8H7N.C4H10N2/c1-2-4-8-6-9-5-7(8)3-1;5-6-4-2-1-3-4/h1-6,9H;4,6H,1-3,5H2. The number of hydrazine groups is 1. The van der Waals surface area contributed by atoms with E-state index in [9.17, 15) is 0 Å². The average molecular weight is 203 g/mol. The molecular weight excluding hydrogens is 186 g/mol. The summed E-state index contributed by atoms with van der Waals surface area (Å²) >= 11 is 0. The van der Waals surface area contributed by atoms with Gasteiger partial charge in [-0.25, -0.2) is 0 Å². The lowest BCUT2D eigenvalue weighted by atomic mass is 9.94. The summed E-state index contributed by atoms with van der Waals surface area (Å²) in [6.07, 6.45) is 7.90. The van der Waals surface area contributed by atoms with Gasteiger partial charge < -0.3 is 4.98 Å². The highest BCUT2D eigenvalue weighted by molar-refractivity contribution is 5.81. The maximum Gasteiger partial charge on any atom is 0.0210 e. The first-order valence-electron chi connectivity index (χ1n) is 5.38. The van der Waals surface area contributed by atoms with Crippen molar-refractivity contribution in [3.8, 4) is 0 Å². The second kappa shape index (κ2) is 4.96. The SMILES string of the molecule is NNC1CCC1.c1ccc2c[nH]cc2c1. The molecule has 1 aromatic heterocycles. The third kappa shape index (κ3) is 2.58. The van der Waals surface area contributed by atoms with Crippen LogP contribution in [0, 0.1) is 0 Å². The number of hydrogen-bond donors (Lipinski definition) is 3. The van der Waals surface area contributed by atoms with Gasteiger partial charge in [-0.3, -0.25) is 11.3 Å². The number of aromatic nitrogens is 1. The van der Waals surface area contributed by atoms with Crippen LogP contribution < -0.4 is 11.3 Å². The Hall–Kier alpha value is -1.32. The number of aromatic amines is 1. The van der Waals surface area contributed by atoms with Crippen molar-refractivity contribution in [3.63, 3.8) is 0 Å². The minimum absolute atomic E-state index is 0.644. The molecule has 4 N–H and O–H groups in total. The molecule has 1 aliphatic rings. The Kier molecular flexibility index (Phi) is 3.37. The van der Waals surface area contributed by atoms with E-state index >= 15 is 0 Å². The maximum absolute atomic E-state index is 5.08. The van der Waals surface area contributed by atoms with Gasteiger partial charge in [-0.2, -0.15) is 0 Å². The van der Waals surface area contributed by atoms with Crippen LogP contribution >= 0.6 is 0 Å². The lowest BCUT2D eigenvalue weighted by Gasteiger charge is -2.23. The molecule has 2 aromatic rings. The molecule has 3 heteroatoms. The van der Waals surface area contributed by atoms with Gasteiger partial charge in [0.15, 0.2) is 0 Å². The van der Waals surface area contributed by atoms with Crippen LogP contribution in [0.4, 0.5) is 0 Å². The van der Waals surface area contributed by atoms with Gasteiger partial charge in [-0.15, -0.1) is 0 Å². The highest BCUT2D eigenvalue weighted by Crippen LogP contribution is 2.16. The molecule has 1 heterocycles. The molecule has 0 atom stereocenters. The second-order valence-corrected chi connectivity index (χ2v) is 3.88. The van der Waals surface area contributed by atoms with Crippen LogP contribution in [0.2, 0.25) is 0 Å². The van der Waals surface area contributed by atoms with E-state index in [1.165, 1.54) is 30.0 Å². The summed E-state index contributed by atoms with van der Waals surface area (Å²) in [5.74, 6) is 5.08. The van der Waals surface area contributed by atoms with Gasteiger partial charge in [0.1, 0.15) is 0 Å². The van der Waals surface area contributed by atoms with Gasteiger partial charge in [0.05, 0.1) is 0 Å². The van der Waals surface area contributed by atoms with Crippen LogP contribution in [-0.2, 0) is 0 Å². The molecule has 15 heavy (non-hydrogen) atoms. The topological polar surface area (TPSA) is 53.8 Å². The van der Waals surface area contributed by atoms with E-state index in [0.717, 1.165) is 0 Å². The first-order valence-corrected chi connectivity index (χ1v) is 5.38. The molecule has 1 aliphatic carbocycles. The van der Waals surface area contributed by atoms with Crippen molar-refractivity contribution in [2.75, 3.05) is 0 Å². The number of H-pyrrole nitrogens is 1. The van der Waals surface area contributed by atoms with Crippen molar-refractivity contribution >= 4 is 10.8 Å². The van der Waals surface area contributed by atoms with Crippen LogP contribution in [0.1, 0.15) is 19.3 Å². The number of fused-ring (bicyclic) bond motifs is 1. The molecule has 0 saturated heterocycles. The molecule has 0 spiro atoms. The van der Waals surface area contributed by atoms with Crippen LogP contribution in [0.15, 0.2) is 36.7 Å². The predicted octanol–water partition coefficient (Wildman–Crippen LogP) is 2.17. The second-order valence-electron chi connectivity index (χ2n) is 3.88. The summed E-state index contributed by atoms with van der Waals surface area (Å²) in [4.78, 5) is 3.04. The number of hydrogen-bond acceptors (Lipinski definition) is 2.